The average molecular weight is 452 g/mol. The van der Waals surface area contributed by atoms with Crippen molar-refractivity contribution in [3.8, 4) is 11.1 Å². The second-order valence-electron chi connectivity index (χ2n) is 7.78. The van der Waals surface area contributed by atoms with Crippen molar-refractivity contribution in [1.82, 2.24) is 5.32 Å². The summed E-state index contributed by atoms with van der Waals surface area (Å²) >= 11 is 0. The fourth-order valence-corrected chi connectivity index (χ4v) is 4.02. The molecule has 4 nitrogen and oxygen atoms in total. The van der Waals surface area contributed by atoms with Crippen LogP contribution in [0, 0.1) is 0 Å². The van der Waals surface area contributed by atoms with E-state index >= 15 is 0 Å². The third-order valence-electron chi connectivity index (χ3n) is 5.64. The molecule has 0 aliphatic heterocycles. The van der Waals surface area contributed by atoms with Crippen LogP contribution in [-0.4, -0.2) is 19.2 Å². The van der Waals surface area contributed by atoms with Gasteiger partial charge in [-0.1, -0.05) is 66.7 Å². The van der Waals surface area contributed by atoms with Gasteiger partial charge in [-0.3, -0.25) is 0 Å². The van der Waals surface area contributed by atoms with E-state index in [2.05, 4.69) is 29.6 Å². The summed E-state index contributed by atoms with van der Waals surface area (Å²) in [5.41, 5.74) is 10.1. The number of nitrogens with two attached hydrogens (primary N) is 1. The van der Waals surface area contributed by atoms with E-state index < -0.39 is 17.8 Å². The number of rotatable bonds is 6. The van der Waals surface area contributed by atoms with Crippen LogP contribution in [0.25, 0.3) is 17.2 Å². The molecular formula is C26H23F3N2O2. The number of fused-ring (bicyclic) bond motifs is 3. The fourth-order valence-electron chi connectivity index (χ4n) is 4.02. The van der Waals surface area contributed by atoms with Gasteiger partial charge < -0.3 is 15.8 Å². The maximum absolute atomic E-state index is 12.7. The van der Waals surface area contributed by atoms with Crippen molar-refractivity contribution < 1.29 is 22.7 Å². The first-order valence-corrected chi connectivity index (χ1v) is 10.6. The molecule has 170 valence electrons. The molecule has 0 bridgehead atoms. The first-order valence-electron chi connectivity index (χ1n) is 10.6. The van der Waals surface area contributed by atoms with Gasteiger partial charge in [-0.25, -0.2) is 4.79 Å². The van der Waals surface area contributed by atoms with Gasteiger partial charge in [0.25, 0.3) is 0 Å². The molecule has 0 saturated carbocycles. The molecule has 1 amide bonds. The van der Waals surface area contributed by atoms with Gasteiger partial charge in [0.1, 0.15) is 6.61 Å². The number of alkyl halides is 3. The number of alkyl carbamates (subject to hydrolysis) is 1. The van der Waals surface area contributed by atoms with E-state index in [1.54, 1.807) is 12.2 Å². The highest BCUT2D eigenvalue weighted by molar-refractivity contribution is 5.79. The molecule has 0 atom stereocenters. The van der Waals surface area contributed by atoms with Gasteiger partial charge in [0.05, 0.1) is 5.56 Å². The first kappa shape index (κ1) is 22.5. The normalized spacial score (nSPS) is 13.1. The van der Waals surface area contributed by atoms with E-state index in [1.807, 2.05) is 24.3 Å². The topological polar surface area (TPSA) is 64.3 Å². The lowest BCUT2D eigenvalue weighted by Gasteiger charge is -2.14. The van der Waals surface area contributed by atoms with E-state index in [9.17, 15) is 18.0 Å². The number of carbonyl (C=O) groups is 1. The summed E-state index contributed by atoms with van der Waals surface area (Å²) in [6, 6.07) is 19.4. The molecule has 3 aromatic rings. The van der Waals surface area contributed by atoms with Crippen LogP contribution in [0.1, 0.15) is 34.6 Å². The lowest BCUT2D eigenvalue weighted by Crippen LogP contribution is -2.26. The van der Waals surface area contributed by atoms with E-state index in [0.29, 0.717) is 18.5 Å². The Hall–Kier alpha value is -3.74. The minimum atomic E-state index is -4.43. The van der Waals surface area contributed by atoms with Crippen molar-refractivity contribution in [3.05, 3.63) is 95.1 Å². The summed E-state index contributed by atoms with van der Waals surface area (Å²) in [5, 5.41) is 2.69. The molecule has 33 heavy (non-hydrogen) atoms. The molecule has 0 heterocycles. The third kappa shape index (κ3) is 5.03. The molecule has 1 aliphatic carbocycles. The van der Waals surface area contributed by atoms with Gasteiger partial charge in [0, 0.05) is 18.2 Å². The lowest BCUT2D eigenvalue weighted by atomic mass is 9.98. The number of nitrogens with one attached hydrogen (secondary N) is 1. The molecule has 0 fully saturated rings. The monoisotopic (exact) mass is 452 g/mol. The van der Waals surface area contributed by atoms with Gasteiger partial charge in [0.2, 0.25) is 0 Å². The number of carbonyl (C=O) groups excluding carboxylic acids is 1. The summed E-state index contributed by atoms with van der Waals surface area (Å²) in [6.45, 7) is 0.561. The van der Waals surface area contributed by atoms with Crippen LogP contribution in [0.5, 0.6) is 0 Å². The number of anilines is 1. The Bertz CT molecular complexity index is 1140. The van der Waals surface area contributed by atoms with Gasteiger partial charge in [-0.2, -0.15) is 13.2 Å². The molecule has 4 rings (SSSR count). The maximum Gasteiger partial charge on any atom is 0.416 e. The van der Waals surface area contributed by atoms with Crippen molar-refractivity contribution in [2.75, 3.05) is 18.9 Å². The standard InChI is InChI=1S/C26H23F3N2O2/c27-26(28,29)18-13-12-17(24(30)15-18)7-5-6-14-31-25(32)33-16-23-21-10-3-1-8-19(21)20-9-2-4-11-22(20)23/h1-5,7-13,15,23H,6,14,16,30H2,(H,31,32). The first-order chi connectivity index (χ1) is 15.8. The molecule has 0 aromatic heterocycles. The Labute approximate surface area is 189 Å². The van der Waals surface area contributed by atoms with Gasteiger partial charge in [-0.15, -0.1) is 0 Å². The molecule has 7 heteroatoms. The van der Waals surface area contributed by atoms with Crippen LogP contribution in [0.15, 0.2) is 72.8 Å². The Morgan fingerprint density at radius 2 is 1.64 bits per heavy atom. The summed E-state index contributed by atoms with van der Waals surface area (Å²) < 4.78 is 43.6. The van der Waals surface area contributed by atoms with Crippen LogP contribution in [0.3, 0.4) is 0 Å². The third-order valence-corrected chi connectivity index (χ3v) is 5.64. The number of hydrogen-bond acceptors (Lipinski definition) is 3. The number of amides is 1. The summed E-state index contributed by atoms with van der Waals surface area (Å²) in [6.07, 6.45) is -1.09. The van der Waals surface area contributed by atoms with Crippen LogP contribution >= 0.6 is 0 Å². The summed E-state index contributed by atoms with van der Waals surface area (Å²) in [7, 11) is 0. The molecule has 0 saturated heterocycles. The maximum atomic E-state index is 12.7. The Morgan fingerprint density at radius 1 is 1.00 bits per heavy atom. The predicted octanol–water partition coefficient (Wildman–Crippen LogP) is 6.23. The van der Waals surface area contributed by atoms with Crippen LogP contribution in [0.4, 0.5) is 23.7 Å². The van der Waals surface area contributed by atoms with Gasteiger partial charge >= 0.3 is 12.3 Å². The minimum absolute atomic E-state index is 0.00862. The SMILES string of the molecule is Nc1cc(C(F)(F)F)ccc1C=CCCNC(=O)OCC1c2ccccc2-c2ccccc21. The highest BCUT2D eigenvalue weighted by atomic mass is 19.4. The number of halogens is 3. The fraction of sp³-hybridized carbons (Fsp3) is 0.192. The van der Waals surface area contributed by atoms with Crippen molar-refractivity contribution in [3.63, 3.8) is 0 Å². The summed E-state index contributed by atoms with van der Waals surface area (Å²) in [5.74, 6) is -0.00862. The van der Waals surface area contributed by atoms with Crippen LogP contribution in [-0.2, 0) is 10.9 Å². The van der Waals surface area contributed by atoms with Crippen molar-refractivity contribution in [2.45, 2.75) is 18.5 Å². The zero-order valence-electron chi connectivity index (χ0n) is 17.7. The molecule has 0 unspecified atom stereocenters. The molecule has 3 aromatic carbocycles. The predicted molar refractivity (Wildman–Crippen MR) is 123 cm³/mol. The Morgan fingerprint density at radius 3 is 2.24 bits per heavy atom. The van der Waals surface area contributed by atoms with Crippen LogP contribution in [0.2, 0.25) is 0 Å². The lowest BCUT2D eigenvalue weighted by molar-refractivity contribution is -0.137. The van der Waals surface area contributed by atoms with Crippen LogP contribution < -0.4 is 11.1 Å². The summed E-state index contributed by atoms with van der Waals surface area (Å²) in [4.78, 5) is 12.2. The second-order valence-corrected chi connectivity index (χ2v) is 7.78. The van der Waals surface area contributed by atoms with Gasteiger partial charge in [0.15, 0.2) is 0 Å². The van der Waals surface area contributed by atoms with Crippen molar-refractivity contribution in [2.24, 2.45) is 0 Å². The molecule has 1 aliphatic rings. The molecular weight excluding hydrogens is 429 g/mol. The Balaban J connectivity index is 1.26. The van der Waals surface area contributed by atoms with Gasteiger partial charge in [-0.05, 0) is 46.4 Å². The highest BCUT2D eigenvalue weighted by Gasteiger charge is 2.31. The van der Waals surface area contributed by atoms with E-state index in [0.717, 1.165) is 34.4 Å². The number of nitrogen functional groups attached to an aromatic ring is 1. The quantitative estimate of drug-likeness (QED) is 0.344. The number of benzene rings is 3. The Kier molecular flexibility index (Phi) is 6.40. The zero-order chi connectivity index (χ0) is 23.4. The van der Waals surface area contributed by atoms with E-state index in [-0.39, 0.29) is 18.2 Å². The average Bonchev–Trinajstić information content (AvgIpc) is 3.11. The van der Waals surface area contributed by atoms with Crippen molar-refractivity contribution >= 4 is 17.9 Å². The second kappa shape index (κ2) is 9.40. The zero-order valence-corrected chi connectivity index (χ0v) is 17.7. The molecule has 0 radical (unpaired) electrons. The number of ether oxygens (including phenoxy) is 1. The molecule has 0 spiro atoms. The smallest absolute Gasteiger partial charge is 0.416 e. The number of hydrogen-bond donors (Lipinski definition) is 2. The highest BCUT2D eigenvalue weighted by Crippen LogP contribution is 2.44. The molecule has 3 N–H and O–H groups in total. The largest absolute Gasteiger partial charge is 0.449 e. The van der Waals surface area contributed by atoms with Crippen molar-refractivity contribution in [1.29, 1.82) is 0 Å². The van der Waals surface area contributed by atoms with E-state index in [1.165, 1.54) is 6.07 Å². The minimum Gasteiger partial charge on any atom is -0.449 e. The van der Waals surface area contributed by atoms with E-state index in [4.69, 9.17) is 10.5 Å².